The summed E-state index contributed by atoms with van der Waals surface area (Å²) in [6, 6.07) is -0.475. The second-order valence-corrected chi connectivity index (χ2v) is 5.05. The minimum absolute atomic E-state index is 0.116. The normalized spacial score (nSPS) is 14.1. The molecule has 0 aliphatic heterocycles. The van der Waals surface area contributed by atoms with Gasteiger partial charge in [0.2, 0.25) is 5.91 Å². The van der Waals surface area contributed by atoms with Crippen molar-refractivity contribution in [3.63, 3.8) is 0 Å². The van der Waals surface area contributed by atoms with Crippen molar-refractivity contribution in [1.82, 2.24) is 5.32 Å². The Hall–Kier alpha value is -0.610. The van der Waals surface area contributed by atoms with Crippen LogP contribution in [0.15, 0.2) is 0 Å². The fourth-order valence-electron chi connectivity index (χ4n) is 0.972. The van der Waals surface area contributed by atoms with Crippen molar-refractivity contribution >= 4 is 5.91 Å². The summed E-state index contributed by atoms with van der Waals surface area (Å²) >= 11 is 0. The van der Waals surface area contributed by atoms with E-state index in [1.165, 1.54) is 0 Å². The van der Waals surface area contributed by atoms with E-state index >= 15 is 0 Å². The second kappa shape index (κ2) is 6.08. The topological polar surface area (TPSA) is 64.3 Å². The molecule has 0 saturated heterocycles. The first kappa shape index (κ1) is 14.4. The van der Waals surface area contributed by atoms with Gasteiger partial charge in [-0.05, 0) is 19.3 Å². The van der Waals surface area contributed by atoms with Gasteiger partial charge in [-0.1, -0.05) is 20.8 Å². The van der Waals surface area contributed by atoms with Crippen LogP contribution in [0.5, 0.6) is 0 Å². The van der Waals surface area contributed by atoms with Gasteiger partial charge in [0.1, 0.15) is 0 Å². The number of nitrogens with one attached hydrogen (secondary N) is 1. The molecule has 0 rings (SSSR count). The molecule has 0 fully saturated rings. The number of rotatable bonds is 5. The van der Waals surface area contributed by atoms with Gasteiger partial charge in [-0.25, -0.2) is 0 Å². The van der Waals surface area contributed by atoms with Gasteiger partial charge in [0.25, 0.3) is 0 Å². The number of hydrogen-bond acceptors (Lipinski definition) is 3. The third-order valence-electron chi connectivity index (χ3n) is 2.07. The van der Waals surface area contributed by atoms with Crippen LogP contribution >= 0.6 is 0 Å². The highest BCUT2D eigenvalue weighted by Crippen LogP contribution is 2.16. The second-order valence-electron chi connectivity index (χ2n) is 5.05. The average molecular weight is 216 g/mol. The third kappa shape index (κ3) is 6.47. The van der Waals surface area contributed by atoms with Crippen LogP contribution in [-0.4, -0.2) is 31.2 Å². The first-order valence-electron chi connectivity index (χ1n) is 5.40. The van der Waals surface area contributed by atoms with Crippen molar-refractivity contribution in [2.24, 2.45) is 11.1 Å². The summed E-state index contributed by atoms with van der Waals surface area (Å²) in [5.74, 6) is -0.116. The van der Waals surface area contributed by atoms with Crippen molar-refractivity contribution in [1.29, 1.82) is 0 Å². The molecule has 4 heteroatoms. The minimum atomic E-state index is -0.475. The van der Waals surface area contributed by atoms with Crippen LogP contribution in [0.3, 0.4) is 0 Å². The predicted octanol–water partition coefficient (Wildman–Crippen LogP) is 0.901. The number of hydrogen-bond donors (Lipinski definition) is 2. The van der Waals surface area contributed by atoms with E-state index in [0.29, 0.717) is 13.2 Å². The molecule has 1 amide bonds. The first-order valence-corrected chi connectivity index (χ1v) is 5.40. The molecule has 0 aliphatic rings. The molecule has 0 aromatic heterocycles. The van der Waals surface area contributed by atoms with Gasteiger partial charge in [0.15, 0.2) is 0 Å². The van der Waals surface area contributed by atoms with E-state index < -0.39 is 6.04 Å². The molecule has 0 bridgehead atoms. The van der Waals surface area contributed by atoms with E-state index in [1.54, 1.807) is 0 Å². The highest BCUT2D eigenvalue weighted by Gasteiger charge is 2.26. The summed E-state index contributed by atoms with van der Waals surface area (Å²) in [5, 5.41) is 2.76. The first-order chi connectivity index (χ1) is 6.75. The van der Waals surface area contributed by atoms with Gasteiger partial charge in [-0.2, -0.15) is 0 Å². The molecular formula is C11H24N2O2. The maximum absolute atomic E-state index is 11.5. The molecule has 0 aromatic rings. The Bertz CT molecular complexity index is 197. The highest BCUT2D eigenvalue weighted by molar-refractivity contribution is 5.82. The number of carbonyl (C=O) groups is 1. The maximum atomic E-state index is 11.5. The van der Waals surface area contributed by atoms with Gasteiger partial charge in [-0.15, -0.1) is 0 Å². The number of ether oxygens (including phenoxy) is 1. The molecule has 0 heterocycles. The standard InChI is InChI=1S/C11H24N2O2/c1-8(2)15-7-6-13-10(14)9(12)11(3,4)5/h8-9H,6-7,12H2,1-5H3,(H,13,14). The lowest BCUT2D eigenvalue weighted by Gasteiger charge is -2.25. The molecule has 3 N–H and O–H groups in total. The van der Waals surface area contributed by atoms with Crippen LogP contribution in [0.2, 0.25) is 0 Å². The van der Waals surface area contributed by atoms with E-state index in [9.17, 15) is 4.79 Å². The van der Waals surface area contributed by atoms with Crippen LogP contribution < -0.4 is 11.1 Å². The largest absolute Gasteiger partial charge is 0.377 e. The molecule has 4 nitrogen and oxygen atoms in total. The van der Waals surface area contributed by atoms with Crippen molar-refractivity contribution in [3.05, 3.63) is 0 Å². The fourth-order valence-corrected chi connectivity index (χ4v) is 0.972. The maximum Gasteiger partial charge on any atom is 0.237 e. The van der Waals surface area contributed by atoms with E-state index in [-0.39, 0.29) is 17.4 Å². The molecule has 0 aliphatic carbocycles. The Balaban J connectivity index is 3.75. The van der Waals surface area contributed by atoms with Crippen molar-refractivity contribution in [2.75, 3.05) is 13.2 Å². The summed E-state index contributed by atoms with van der Waals surface area (Å²) < 4.78 is 5.30. The lowest BCUT2D eigenvalue weighted by Crippen LogP contribution is -2.49. The molecule has 0 saturated carbocycles. The van der Waals surface area contributed by atoms with Crippen LogP contribution in [0, 0.1) is 5.41 Å². The Morgan fingerprint density at radius 2 is 1.93 bits per heavy atom. The number of carbonyl (C=O) groups excluding carboxylic acids is 1. The molecular weight excluding hydrogens is 192 g/mol. The summed E-state index contributed by atoms with van der Waals surface area (Å²) in [5.41, 5.74) is 5.58. The molecule has 1 atom stereocenters. The monoisotopic (exact) mass is 216 g/mol. The SMILES string of the molecule is CC(C)OCCNC(=O)C(N)C(C)(C)C. The van der Waals surface area contributed by atoms with E-state index in [4.69, 9.17) is 10.5 Å². The zero-order chi connectivity index (χ0) is 12.1. The molecule has 0 radical (unpaired) electrons. The Morgan fingerprint density at radius 3 is 2.33 bits per heavy atom. The fraction of sp³-hybridized carbons (Fsp3) is 0.909. The van der Waals surface area contributed by atoms with Gasteiger partial charge in [0, 0.05) is 6.54 Å². The summed E-state index contributed by atoms with van der Waals surface area (Å²) in [6.45, 7) is 10.8. The van der Waals surface area contributed by atoms with Crippen LogP contribution in [0.25, 0.3) is 0 Å². The van der Waals surface area contributed by atoms with Gasteiger partial charge < -0.3 is 15.8 Å². The summed E-state index contributed by atoms with van der Waals surface area (Å²) in [7, 11) is 0. The highest BCUT2D eigenvalue weighted by atomic mass is 16.5. The Labute approximate surface area is 92.6 Å². The van der Waals surface area contributed by atoms with Gasteiger partial charge in [-0.3, -0.25) is 4.79 Å². The Kier molecular flexibility index (Phi) is 5.83. The average Bonchev–Trinajstić information content (AvgIpc) is 2.09. The third-order valence-corrected chi connectivity index (χ3v) is 2.07. The van der Waals surface area contributed by atoms with Crippen LogP contribution in [-0.2, 0) is 9.53 Å². The summed E-state index contributed by atoms with van der Waals surface area (Å²) in [6.07, 6.45) is 0.193. The zero-order valence-corrected chi connectivity index (χ0v) is 10.5. The van der Waals surface area contributed by atoms with E-state index in [2.05, 4.69) is 5.32 Å². The van der Waals surface area contributed by atoms with Crippen molar-refractivity contribution in [2.45, 2.75) is 46.8 Å². The van der Waals surface area contributed by atoms with Gasteiger partial charge >= 0.3 is 0 Å². The Morgan fingerprint density at radius 1 is 1.40 bits per heavy atom. The minimum Gasteiger partial charge on any atom is -0.377 e. The van der Waals surface area contributed by atoms with E-state index in [0.717, 1.165) is 0 Å². The van der Waals surface area contributed by atoms with Crippen LogP contribution in [0.4, 0.5) is 0 Å². The van der Waals surface area contributed by atoms with E-state index in [1.807, 2.05) is 34.6 Å². The number of amides is 1. The van der Waals surface area contributed by atoms with Crippen molar-refractivity contribution < 1.29 is 9.53 Å². The molecule has 0 spiro atoms. The predicted molar refractivity (Wildman–Crippen MR) is 61.5 cm³/mol. The molecule has 90 valence electrons. The van der Waals surface area contributed by atoms with Crippen molar-refractivity contribution in [3.8, 4) is 0 Å². The molecule has 0 aromatic carbocycles. The lowest BCUT2D eigenvalue weighted by molar-refractivity contribution is -0.124. The smallest absolute Gasteiger partial charge is 0.237 e. The zero-order valence-electron chi connectivity index (χ0n) is 10.5. The molecule has 1 unspecified atom stereocenters. The quantitative estimate of drug-likeness (QED) is 0.671. The lowest BCUT2D eigenvalue weighted by atomic mass is 9.87. The molecule has 15 heavy (non-hydrogen) atoms. The number of nitrogens with two attached hydrogens (primary N) is 1. The van der Waals surface area contributed by atoms with Crippen LogP contribution in [0.1, 0.15) is 34.6 Å². The summed E-state index contributed by atoms with van der Waals surface area (Å²) in [4.78, 5) is 11.5. The van der Waals surface area contributed by atoms with Gasteiger partial charge in [0.05, 0.1) is 18.8 Å².